The second-order valence-corrected chi connectivity index (χ2v) is 4.93. The van der Waals surface area contributed by atoms with Gasteiger partial charge < -0.3 is 10.7 Å². The third-order valence-electron chi connectivity index (χ3n) is 3.70. The lowest BCUT2D eigenvalue weighted by Gasteiger charge is -2.21. The van der Waals surface area contributed by atoms with E-state index in [4.69, 9.17) is 5.73 Å². The van der Waals surface area contributed by atoms with Crippen LogP contribution in [0.25, 0.3) is 10.9 Å². The molecule has 3 N–H and O–H groups in total. The molecule has 3 rings (SSSR count). The highest BCUT2D eigenvalue weighted by Gasteiger charge is 2.28. The predicted octanol–water partition coefficient (Wildman–Crippen LogP) is 1.62. The normalized spacial score (nSPS) is 20.6. The standard InChI is InChI=1S/C14H17N3O/c15-14(18)13-2-1-7-17(13)9-10-3-4-11-5-6-16-12(11)8-10/h3-6,8,13,16H,1-2,7,9H2,(H2,15,18)/t13-/m0/s1. The molecule has 1 aromatic carbocycles. The van der Waals surface area contributed by atoms with E-state index in [9.17, 15) is 4.79 Å². The van der Waals surface area contributed by atoms with Crippen molar-refractivity contribution in [3.63, 3.8) is 0 Å². The van der Waals surface area contributed by atoms with Crippen molar-refractivity contribution in [2.45, 2.75) is 25.4 Å². The molecule has 18 heavy (non-hydrogen) atoms. The first kappa shape index (κ1) is 11.3. The molecule has 2 heterocycles. The average molecular weight is 243 g/mol. The van der Waals surface area contributed by atoms with Gasteiger partial charge >= 0.3 is 0 Å². The summed E-state index contributed by atoms with van der Waals surface area (Å²) in [6.07, 6.45) is 3.88. The molecule has 94 valence electrons. The molecule has 4 nitrogen and oxygen atoms in total. The van der Waals surface area contributed by atoms with Gasteiger partial charge in [0.1, 0.15) is 0 Å². The van der Waals surface area contributed by atoms with E-state index in [2.05, 4.69) is 34.1 Å². The van der Waals surface area contributed by atoms with E-state index in [-0.39, 0.29) is 11.9 Å². The molecule has 4 heteroatoms. The largest absolute Gasteiger partial charge is 0.368 e. The number of hydrogen-bond donors (Lipinski definition) is 2. The van der Waals surface area contributed by atoms with Crippen molar-refractivity contribution in [1.29, 1.82) is 0 Å². The second-order valence-electron chi connectivity index (χ2n) is 4.93. The van der Waals surface area contributed by atoms with Crippen molar-refractivity contribution in [3.8, 4) is 0 Å². The van der Waals surface area contributed by atoms with Crippen LogP contribution in [0.4, 0.5) is 0 Å². The molecular weight excluding hydrogens is 226 g/mol. The fourth-order valence-corrected chi connectivity index (χ4v) is 2.77. The van der Waals surface area contributed by atoms with Crippen LogP contribution in [-0.4, -0.2) is 28.4 Å². The number of amides is 1. The smallest absolute Gasteiger partial charge is 0.234 e. The first-order valence-corrected chi connectivity index (χ1v) is 6.33. The van der Waals surface area contributed by atoms with Gasteiger partial charge in [-0.05, 0) is 42.5 Å². The summed E-state index contributed by atoms with van der Waals surface area (Å²) in [6, 6.07) is 8.33. The van der Waals surface area contributed by atoms with Crippen molar-refractivity contribution in [2.75, 3.05) is 6.54 Å². The van der Waals surface area contributed by atoms with Crippen molar-refractivity contribution in [1.82, 2.24) is 9.88 Å². The topological polar surface area (TPSA) is 62.1 Å². The molecule has 1 atom stereocenters. The van der Waals surface area contributed by atoms with Crippen molar-refractivity contribution in [3.05, 3.63) is 36.0 Å². The molecule has 2 aromatic rings. The minimum Gasteiger partial charge on any atom is -0.368 e. The van der Waals surface area contributed by atoms with Gasteiger partial charge in [-0.1, -0.05) is 12.1 Å². The van der Waals surface area contributed by atoms with Gasteiger partial charge in [-0.25, -0.2) is 0 Å². The molecule has 0 saturated carbocycles. The van der Waals surface area contributed by atoms with Gasteiger partial charge in [-0.3, -0.25) is 9.69 Å². The highest BCUT2D eigenvalue weighted by molar-refractivity contribution is 5.81. The van der Waals surface area contributed by atoms with E-state index in [0.29, 0.717) is 0 Å². The molecule has 1 saturated heterocycles. The number of primary amides is 1. The van der Waals surface area contributed by atoms with Crippen LogP contribution in [0.15, 0.2) is 30.5 Å². The number of carbonyl (C=O) groups is 1. The third-order valence-corrected chi connectivity index (χ3v) is 3.70. The number of aromatic amines is 1. The number of rotatable bonds is 3. The number of fused-ring (bicyclic) bond motifs is 1. The van der Waals surface area contributed by atoms with Crippen LogP contribution in [0.1, 0.15) is 18.4 Å². The number of aromatic nitrogens is 1. The van der Waals surface area contributed by atoms with Gasteiger partial charge in [0.15, 0.2) is 0 Å². The number of likely N-dealkylation sites (tertiary alicyclic amines) is 1. The summed E-state index contributed by atoms with van der Waals surface area (Å²) in [7, 11) is 0. The lowest BCUT2D eigenvalue weighted by Crippen LogP contribution is -2.39. The summed E-state index contributed by atoms with van der Waals surface area (Å²) < 4.78 is 0. The van der Waals surface area contributed by atoms with E-state index in [1.807, 2.05) is 6.20 Å². The molecule has 1 aliphatic heterocycles. The predicted molar refractivity (Wildman–Crippen MR) is 70.9 cm³/mol. The van der Waals surface area contributed by atoms with Crippen LogP contribution in [-0.2, 0) is 11.3 Å². The van der Waals surface area contributed by atoms with Gasteiger partial charge in [0, 0.05) is 18.3 Å². The number of benzene rings is 1. The molecule has 1 amide bonds. The first-order chi connectivity index (χ1) is 8.74. The molecule has 0 radical (unpaired) electrons. The zero-order valence-corrected chi connectivity index (χ0v) is 10.2. The van der Waals surface area contributed by atoms with Crippen molar-refractivity contribution < 1.29 is 4.79 Å². The summed E-state index contributed by atoms with van der Waals surface area (Å²) in [5, 5.41) is 1.21. The van der Waals surface area contributed by atoms with E-state index < -0.39 is 0 Å². The van der Waals surface area contributed by atoms with Gasteiger partial charge in [0.05, 0.1) is 6.04 Å². The number of H-pyrrole nitrogens is 1. The highest BCUT2D eigenvalue weighted by atomic mass is 16.1. The SMILES string of the molecule is NC(=O)[C@@H]1CCCN1Cc1ccc2cc[nH]c2c1. The van der Waals surface area contributed by atoms with Crippen LogP contribution >= 0.6 is 0 Å². The lowest BCUT2D eigenvalue weighted by molar-refractivity contribution is -0.122. The summed E-state index contributed by atoms with van der Waals surface area (Å²) in [5.74, 6) is -0.201. The minimum absolute atomic E-state index is 0.0932. The Hall–Kier alpha value is -1.81. The van der Waals surface area contributed by atoms with Crippen LogP contribution in [0, 0.1) is 0 Å². The fraction of sp³-hybridized carbons (Fsp3) is 0.357. The molecule has 1 aromatic heterocycles. The van der Waals surface area contributed by atoms with E-state index >= 15 is 0 Å². The first-order valence-electron chi connectivity index (χ1n) is 6.33. The van der Waals surface area contributed by atoms with Crippen LogP contribution < -0.4 is 5.73 Å². The Bertz CT molecular complexity index is 575. The average Bonchev–Trinajstić information content (AvgIpc) is 2.96. The molecule has 0 spiro atoms. The Balaban J connectivity index is 1.80. The zero-order chi connectivity index (χ0) is 12.5. The van der Waals surface area contributed by atoms with Crippen molar-refractivity contribution >= 4 is 16.8 Å². The molecule has 0 aliphatic carbocycles. The third kappa shape index (κ3) is 1.99. The molecular formula is C14H17N3O. The lowest BCUT2D eigenvalue weighted by atomic mass is 10.1. The maximum Gasteiger partial charge on any atom is 0.234 e. The summed E-state index contributed by atoms with van der Waals surface area (Å²) in [6.45, 7) is 1.75. The summed E-state index contributed by atoms with van der Waals surface area (Å²) >= 11 is 0. The Labute approximate surface area is 106 Å². The van der Waals surface area contributed by atoms with Gasteiger partial charge in [-0.15, -0.1) is 0 Å². The van der Waals surface area contributed by atoms with Gasteiger partial charge in [0.2, 0.25) is 5.91 Å². The maximum atomic E-state index is 11.3. The monoisotopic (exact) mass is 243 g/mol. The van der Waals surface area contributed by atoms with E-state index in [1.54, 1.807) is 0 Å². The minimum atomic E-state index is -0.201. The van der Waals surface area contributed by atoms with E-state index in [1.165, 1.54) is 10.9 Å². The summed E-state index contributed by atoms with van der Waals surface area (Å²) in [5.41, 5.74) is 7.79. The van der Waals surface area contributed by atoms with E-state index in [0.717, 1.165) is 31.4 Å². The molecule has 0 bridgehead atoms. The Kier molecular flexibility index (Phi) is 2.80. The van der Waals surface area contributed by atoms with Crippen LogP contribution in [0.5, 0.6) is 0 Å². The van der Waals surface area contributed by atoms with Crippen LogP contribution in [0.2, 0.25) is 0 Å². The second kappa shape index (κ2) is 4.46. The number of hydrogen-bond acceptors (Lipinski definition) is 2. The molecule has 1 aliphatic rings. The fourth-order valence-electron chi connectivity index (χ4n) is 2.77. The molecule has 0 unspecified atom stereocenters. The maximum absolute atomic E-state index is 11.3. The number of carbonyl (C=O) groups excluding carboxylic acids is 1. The van der Waals surface area contributed by atoms with Crippen LogP contribution in [0.3, 0.4) is 0 Å². The zero-order valence-electron chi connectivity index (χ0n) is 10.2. The Morgan fingerprint density at radius 1 is 1.44 bits per heavy atom. The number of nitrogens with two attached hydrogens (primary N) is 1. The number of nitrogens with zero attached hydrogens (tertiary/aromatic N) is 1. The summed E-state index contributed by atoms with van der Waals surface area (Å²) in [4.78, 5) is 16.7. The quantitative estimate of drug-likeness (QED) is 0.860. The number of nitrogens with one attached hydrogen (secondary N) is 1. The Morgan fingerprint density at radius 3 is 3.17 bits per heavy atom. The van der Waals surface area contributed by atoms with Crippen molar-refractivity contribution in [2.24, 2.45) is 5.73 Å². The Morgan fingerprint density at radius 2 is 2.33 bits per heavy atom. The van der Waals surface area contributed by atoms with Gasteiger partial charge in [0.25, 0.3) is 0 Å². The van der Waals surface area contributed by atoms with Gasteiger partial charge in [-0.2, -0.15) is 0 Å². The highest BCUT2D eigenvalue weighted by Crippen LogP contribution is 2.21. The molecule has 1 fully saturated rings.